The highest BCUT2D eigenvalue weighted by atomic mass is 16.6. The zero-order chi connectivity index (χ0) is 43.3. The highest BCUT2D eigenvalue weighted by Crippen LogP contribution is 2.34. The van der Waals surface area contributed by atoms with Gasteiger partial charge >= 0.3 is 23.9 Å². The van der Waals surface area contributed by atoms with Crippen LogP contribution >= 0.6 is 0 Å². The quantitative estimate of drug-likeness (QED) is 0.0578. The zero-order valence-corrected chi connectivity index (χ0v) is 34.7. The Balaban J connectivity index is 1.19. The molecule has 0 aliphatic rings. The van der Waals surface area contributed by atoms with Crippen LogP contribution in [0.3, 0.4) is 0 Å². The Kier molecular flexibility index (Phi) is 12.6. The molecular formula is C48H50O11. The van der Waals surface area contributed by atoms with Crippen molar-refractivity contribution in [1.29, 1.82) is 0 Å². The Labute approximate surface area is 344 Å². The molecule has 0 heterocycles. The summed E-state index contributed by atoms with van der Waals surface area (Å²) in [5, 5.41) is 13.9. The summed E-state index contributed by atoms with van der Waals surface area (Å²) in [4.78, 5) is 49.8. The molecule has 0 aliphatic carbocycles. The summed E-state index contributed by atoms with van der Waals surface area (Å²) in [6.45, 7) is 21.8. The van der Waals surface area contributed by atoms with Gasteiger partial charge in [0.2, 0.25) is 0 Å². The van der Waals surface area contributed by atoms with Crippen LogP contribution in [-0.2, 0) is 19.1 Å². The Bertz CT molecular complexity index is 2440. The van der Waals surface area contributed by atoms with E-state index in [1.165, 1.54) is 18.2 Å². The van der Waals surface area contributed by atoms with Gasteiger partial charge in [-0.1, -0.05) is 37.4 Å². The molecule has 0 saturated carbocycles. The molecule has 0 aromatic heterocycles. The lowest BCUT2D eigenvalue weighted by Gasteiger charge is -2.35. The SMILES string of the molecule is C=CC(=O)OC(C)(C)CC(C)(C)Oc1ccc2cc(C(=O)Oc3ccc(OC(=O)c4ccc5cc(OC(C)(C)CC(C)(C)OC(=O)C=C)ccc5c4)c(O)c3)ccc2c1. The number of aromatic hydroxyl groups is 1. The number of rotatable bonds is 16. The fraction of sp³-hybridized carbons (Fsp3) is 0.292. The van der Waals surface area contributed by atoms with Crippen molar-refractivity contribution in [2.75, 3.05) is 0 Å². The van der Waals surface area contributed by atoms with E-state index >= 15 is 0 Å². The summed E-state index contributed by atoms with van der Waals surface area (Å²) in [5.41, 5.74) is -2.39. The maximum atomic E-state index is 13.1. The number of ether oxygens (including phenoxy) is 6. The molecule has 0 amide bonds. The van der Waals surface area contributed by atoms with Crippen molar-refractivity contribution in [3.8, 4) is 28.7 Å². The molecule has 0 unspecified atom stereocenters. The average Bonchev–Trinajstić information content (AvgIpc) is 3.13. The van der Waals surface area contributed by atoms with Gasteiger partial charge in [-0.15, -0.1) is 0 Å². The third kappa shape index (κ3) is 12.0. The molecule has 11 heteroatoms. The molecule has 0 saturated heterocycles. The second kappa shape index (κ2) is 17.1. The van der Waals surface area contributed by atoms with Gasteiger partial charge in [0.05, 0.1) is 11.1 Å². The minimum absolute atomic E-state index is 0.0494. The summed E-state index contributed by atoms with van der Waals surface area (Å²) in [7, 11) is 0. The van der Waals surface area contributed by atoms with E-state index in [0.717, 1.165) is 33.7 Å². The number of phenols is 1. The van der Waals surface area contributed by atoms with Gasteiger partial charge in [0.1, 0.15) is 39.7 Å². The van der Waals surface area contributed by atoms with Gasteiger partial charge in [0, 0.05) is 31.1 Å². The molecule has 0 spiro atoms. The first-order valence-corrected chi connectivity index (χ1v) is 19.0. The third-order valence-corrected chi connectivity index (χ3v) is 9.02. The van der Waals surface area contributed by atoms with Gasteiger partial charge in [0.15, 0.2) is 11.5 Å². The van der Waals surface area contributed by atoms with Gasteiger partial charge in [-0.05, 0) is 138 Å². The van der Waals surface area contributed by atoms with Gasteiger partial charge < -0.3 is 33.5 Å². The first kappa shape index (κ1) is 43.5. The van der Waals surface area contributed by atoms with Gasteiger partial charge in [0.25, 0.3) is 0 Å². The Morgan fingerprint density at radius 2 is 0.898 bits per heavy atom. The molecule has 0 radical (unpaired) electrons. The van der Waals surface area contributed by atoms with E-state index < -0.39 is 52.0 Å². The summed E-state index contributed by atoms with van der Waals surface area (Å²) in [6.07, 6.45) is 3.10. The Morgan fingerprint density at radius 3 is 1.32 bits per heavy atom. The standard InChI is InChI=1S/C48H50O11/c1-11-41(50)58-47(7,8)28-45(3,4)56-37-19-17-30-23-34(15-13-32(30)25-37)43(52)54-36-21-22-40(39(49)27-36)55-44(53)35-16-14-33-26-38(20-18-31(33)24-35)57-46(5,6)29-48(9,10)59-42(51)12-2/h11-27,49H,1-2,28-29H2,3-10H3. The van der Waals surface area contributed by atoms with Crippen LogP contribution in [-0.4, -0.2) is 51.4 Å². The summed E-state index contributed by atoms with van der Waals surface area (Å²) in [5.74, 6) is -1.62. The number of carbonyl (C=O) groups excluding carboxylic acids is 4. The monoisotopic (exact) mass is 802 g/mol. The number of carbonyl (C=O) groups is 4. The van der Waals surface area contributed by atoms with Crippen molar-refractivity contribution in [2.45, 2.75) is 90.6 Å². The van der Waals surface area contributed by atoms with Crippen LogP contribution in [0.4, 0.5) is 0 Å². The van der Waals surface area contributed by atoms with Crippen LogP contribution in [0.25, 0.3) is 21.5 Å². The summed E-state index contributed by atoms with van der Waals surface area (Å²) in [6, 6.07) is 25.0. The fourth-order valence-electron chi connectivity index (χ4n) is 7.26. The van der Waals surface area contributed by atoms with E-state index in [9.17, 15) is 24.3 Å². The topological polar surface area (TPSA) is 144 Å². The molecular weight excluding hydrogens is 753 g/mol. The molecule has 0 aliphatic heterocycles. The predicted molar refractivity (Wildman–Crippen MR) is 225 cm³/mol. The molecule has 1 N–H and O–H groups in total. The highest BCUT2D eigenvalue weighted by molar-refractivity contribution is 5.98. The van der Waals surface area contributed by atoms with Crippen molar-refractivity contribution in [3.63, 3.8) is 0 Å². The van der Waals surface area contributed by atoms with Crippen molar-refractivity contribution >= 4 is 45.4 Å². The number of esters is 4. The average molecular weight is 803 g/mol. The minimum atomic E-state index is -0.785. The number of hydrogen-bond donors (Lipinski definition) is 1. The van der Waals surface area contributed by atoms with Crippen LogP contribution < -0.4 is 18.9 Å². The van der Waals surface area contributed by atoms with Crippen LogP contribution in [0.2, 0.25) is 0 Å². The second-order valence-electron chi connectivity index (χ2n) is 16.7. The van der Waals surface area contributed by atoms with Crippen molar-refractivity contribution in [3.05, 3.63) is 127 Å². The minimum Gasteiger partial charge on any atom is -0.504 e. The fourth-order valence-corrected chi connectivity index (χ4v) is 7.26. The lowest BCUT2D eigenvalue weighted by atomic mass is 9.92. The van der Waals surface area contributed by atoms with Gasteiger partial charge in [-0.25, -0.2) is 19.2 Å². The van der Waals surface area contributed by atoms with E-state index in [1.807, 2.05) is 79.7 Å². The van der Waals surface area contributed by atoms with Crippen LogP contribution in [0, 0.1) is 0 Å². The zero-order valence-electron chi connectivity index (χ0n) is 34.7. The predicted octanol–water partition coefficient (Wildman–Crippen LogP) is 10.2. The summed E-state index contributed by atoms with van der Waals surface area (Å²) >= 11 is 0. The molecule has 11 nitrogen and oxygen atoms in total. The number of fused-ring (bicyclic) bond motifs is 2. The van der Waals surface area contributed by atoms with E-state index in [4.69, 9.17) is 28.4 Å². The Morgan fingerprint density at radius 1 is 0.508 bits per heavy atom. The van der Waals surface area contributed by atoms with Crippen LogP contribution in [0.1, 0.15) is 88.9 Å². The molecule has 59 heavy (non-hydrogen) atoms. The lowest BCUT2D eigenvalue weighted by molar-refractivity contribution is -0.155. The smallest absolute Gasteiger partial charge is 0.343 e. The van der Waals surface area contributed by atoms with Crippen LogP contribution in [0.15, 0.2) is 116 Å². The number of benzene rings is 5. The molecule has 0 atom stereocenters. The Hall–Kier alpha value is -6.62. The van der Waals surface area contributed by atoms with E-state index in [-0.39, 0.29) is 22.6 Å². The summed E-state index contributed by atoms with van der Waals surface area (Å²) < 4.78 is 34.5. The molecule has 5 rings (SSSR count). The molecule has 308 valence electrons. The lowest BCUT2D eigenvalue weighted by Crippen LogP contribution is -2.40. The van der Waals surface area contributed by atoms with Crippen molar-refractivity contribution in [2.24, 2.45) is 0 Å². The third-order valence-electron chi connectivity index (χ3n) is 9.02. The van der Waals surface area contributed by atoms with E-state index in [0.29, 0.717) is 24.3 Å². The van der Waals surface area contributed by atoms with E-state index in [2.05, 4.69) is 13.2 Å². The second-order valence-corrected chi connectivity index (χ2v) is 16.7. The highest BCUT2D eigenvalue weighted by Gasteiger charge is 2.34. The maximum absolute atomic E-state index is 13.1. The first-order chi connectivity index (χ1) is 27.5. The molecule has 0 fully saturated rings. The largest absolute Gasteiger partial charge is 0.504 e. The number of hydrogen-bond acceptors (Lipinski definition) is 11. The number of phenolic OH excluding ortho intramolecular Hbond substituents is 1. The van der Waals surface area contributed by atoms with Crippen molar-refractivity contribution < 1.29 is 52.7 Å². The molecule has 5 aromatic carbocycles. The van der Waals surface area contributed by atoms with E-state index in [1.54, 1.807) is 48.5 Å². The molecule has 5 aromatic rings. The van der Waals surface area contributed by atoms with Crippen molar-refractivity contribution in [1.82, 2.24) is 0 Å². The maximum Gasteiger partial charge on any atom is 0.343 e. The van der Waals surface area contributed by atoms with Gasteiger partial charge in [-0.3, -0.25) is 0 Å². The first-order valence-electron chi connectivity index (χ1n) is 19.0. The normalized spacial score (nSPS) is 12.0. The molecule has 0 bridgehead atoms. The van der Waals surface area contributed by atoms with Gasteiger partial charge in [-0.2, -0.15) is 0 Å². The van der Waals surface area contributed by atoms with Crippen LogP contribution in [0.5, 0.6) is 28.7 Å².